The second-order valence-electron chi connectivity index (χ2n) is 9.07. The highest BCUT2D eigenvalue weighted by Crippen LogP contribution is 2.41. The van der Waals surface area contributed by atoms with Crippen LogP contribution >= 0.6 is 11.8 Å². The van der Waals surface area contributed by atoms with Crippen LogP contribution in [0.4, 0.5) is 11.4 Å². The smallest absolute Gasteiger partial charge is 0.254 e. The van der Waals surface area contributed by atoms with Crippen molar-refractivity contribution in [1.82, 2.24) is 5.32 Å². The number of methoxy groups -OCH3 is 2. The minimum atomic E-state index is -0.789. The third-order valence-corrected chi connectivity index (χ3v) is 7.62. The molecular weight excluding hydrogens is 528 g/mol. The van der Waals surface area contributed by atoms with Crippen molar-refractivity contribution in [2.24, 2.45) is 0 Å². The Hall–Kier alpha value is -4.62. The number of nitriles is 1. The van der Waals surface area contributed by atoms with E-state index in [2.05, 4.69) is 22.0 Å². The number of hydrogen-bond donors (Lipinski definition) is 3. The van der Waals surface area contributed by atoms with Gasteiger partial charge in [0.2, 0.25) is 5.91 Å². The predicted octanol–water partition coefficient (Wildman–Crippen LogP) is 5.62. The maximum Gasteiger partial charge on any atom is 0.254 e. The van der Waals surface area contributed by atoms with Crippen LogP contribution in [0.1, 0.15) is 29.7 Å². The van der Waals surface area contributed by atoms with Gasteiger partial charge in [-0.1, -0.05) is 23.9 Å². The maximum absolute atomic E-state index is 13.7. The Balaban J connectivity index is 1.61. The molecular formula is C30H30N4O5S. The number of anilines is 2. The molecule has 0 bridgehead atoms. The highest BCUT2D eigenvalue weighted by Gasteiger charge is 2.36. The van der Waals surface area contributed by atoms with Crippen LogP contribution in [0.15, 0.2) is 81.1 Å². The van der Waals surface area contributed by atoms with E-state index in [1.807, 2.05) is 32.0 Å². The number of ether oxygens (including phenoxy) is 2. The summed E-state index contributed by atoms with van der Waals surface area (Å²) in [4.78, 5) is 26.5. The molecule has 1 aliphatic rings. The molecule has 0 saturated carbocycles. The summed E-state index contributed by atoms with van der Waals surface area (Å²) >= 11 is 1.19. The molecule has 0 saturated heterocycles. The second kappa shape index (κ2) is 12.5. The zero-order valence-electron chi connectivity index (χ0n) is 22.9. The number of aryl methyl sites for hydroxylation is 1. The number of amides is 2. The van der Waals surface area contributed by atoms with Crippen LogP contribution in [0.3, 0.4) is 0 Å². The molecule has 4 rings (SSSR count). The Morgan fingerprint density at radius 1 is 1.05 bits per heavy atom. The van der Waals surface area contributed by atoms with Crippen LogP contribution in [0.25, 0.3) is 0 Å². The molecule has 206 valence electrons. The van der Waals surface area contributed by atoms with Gasteiger partial charge >= 0.3 is 0 Å². The number of carbonyl (C=O) groups is 2. The highest BCUT2D eigenvalue weighted by atomic mass is 32.2. The van der Waals surface area contributed by atoms with E-state index in [-0.39, 0.29) is 17.2 Å². The number of dihydropyridines is 1. The molecule has 10 heteroatoms. The van der Waals surface area contributed by atoms with Crippen molar-refractivity contribution in [3.8, 4) is 17.6 Å². The van der Waals surface area contributed by atoms with Crippen molar-refractivity contribution >= 4 is 35.0 Å². The SMILES string of the molecule is COc1ccc(OC)c(NC(=O)C2=C(C)NC(SCC(=O)Nc3cccc(C)c3C)=C(C#N)[C@H]2c2ccco2)c1. The van der Waals surface area contributed by atoms with Crippen LogP contribution in [0.2, 0.25) is 0 Å². The fourth-order valence-corrected chi connectivity index (χ4v) is 5.27. The molecule has 2 aromatic carbocycles. The summed E-state index contributed by atoms with van der Waals surface area (Å²) in [6.07, 6.45) is 1.49. The van der Waals surface area contributed by atoms with Gasteiger partial charge in [-0.2, -0.15) is 5.26 Å². The van der Waals surface area contributed by atoms with E-state index in [0.717, 1.165) is 16.8 Å². The molecule has 9 nitrogen and oxygen atoms in total. The van der Waals surface area contributed by atoms with Gasteiger partial charge in [0.05, 0.1) is 60.1 Å². The van der Waals surface area contributed by atoms with Crippen molar-refractivity contribution in [2.75, 3.05) is 30.6 Å². The average molecular weight is 559 g/mol. The molecule has 3 N–H and O–H groups in total. The number of thioether (sulfide) groups is 1. The Morgan fingerprint density at radius 2 is 1.85 bits per heavy atom. The third kappa shape index (κ3) is 6.00. The lowest BCUT2D eigenvalue weighted by Crippen LogP contribution is -2.31. The fraction of sp³-hybridized carbons (Fsp3) is 0.233. The van der Waals surface area contributed by atoms with Crippen molar-refractivity contribution in [2.45, 2.75) is 26.7 Å². The number of hydrogen-bond acceptors (Lipinski definition) is 8. The lowest BCUT2D eigenvalue weighted by atomic mass is 9.85. The first-order valence-corrected chi connectivity index (χ1v) is 13.4. The summed E-state index contributed by atoms with van der Waals surface area (Å²) in [6, 6.07) is 16.5. The molecule has 1 aromatic heterocycles. The highest BCUT2D eigenvalue weighted by molar-refractivity contribution is 8.03. The second-order valence-corrected chi connectivity index (χ2v) is 10.1. The monoisotopic (exact) mass is 558 g/mol. The van der Waals surface area contributed by atoms with Gasteiger partial charge in [-0.15, -0.1) is 0 Å². The first kappa shape index (κ1) is 28.4. The summed E-state index contributed by atoms with van der Waals surface area (Å²) < 4.78 is 16.4. The number of rotatable bonds is 9. The molecule has 40 heavy (non-hydrogen) atoms. The van der Waals surface area contributed by atoms with Crippen molar-refractivity contribution in [3.63, 3.8) is 0 Å². The van der Waals surface area contributed by atoms with E-state index in [1.54, 1.807) is 37.3 Å². The molecule has 0 aliphatic carbocycles. The van der Waals surface area contributed by atoms with Crippen molar-refractivity contribution in [1.29, 1.82) is 5.26 Å². The van der Waals surface area contributed by atoms with Gasteiger partial charge in [-0.3, -0.25) is 9.59 Å². The third-order valence-electron chi connectivity index (χ3n) is 6.60. The van der Waals surface area contributed by atoms with Crippen molar-refractivity contribution < 1.29 is 23.5 Å². The molecule has 2 amide bonds. The number of allylic oxidation sites excluding steroid dienone is 2. The maximum atomic E-state index is 13.7. The van der Waals surface area contributed by atoms with E-state index >= 15 is 0 Å². The summed E-state index contributed by atoms with van der Waals surface area (Å²) in [7, 11) is 3.04. The summed E-state index contributed by atoms with van der Waals surface area (Å²) in [6.45, 7) is 5.68. The number of carbonyl (C=O) groups excluding carboxylic acids is 2. The number of nitrogens with one attached hydrogen (secondary N) is 3. The molecule has 0 fully saturated rings. The number of benzene rings is 2. The van der Waals surface area contributed by atoms with Gasteiger partial charge < -0.3 is 29.8 Å². The lowest BCUT2D eigenvalue weighted by Gasteiger charge is -2.28. The Kier molecular flexibility index (Phi) is 8.86. The minimum absolute atomic E-state index is 0.0571. The van der Waals surface area contributed by atoms with Gasteiger partial charge in [-0.05, 0) is 62.2 Å². The van der Waals surface area contributed by atoms with E-state index < -0.39 is 11.8 Å². The summed E-state index contributed by atoms with van der Waals surface area (Å²) in [5, 5.41) is 19.7. The van der Waals surface area contributed by atoms with Crippen LogP contribution in [-0.4, -0.2) is 31.8 Å². The van der Waals surface area contributed by atoms with E-state index in [0.29, 0.717) is 39.2 Å². The van der Waals surface area contributed by atoms with Gasteiger partial charge in [-0.25, -0.2) is 0 Å². The first-order chi connectivity index (χ1) is 19.3. The number of nitrogens with zero attached hydrogens (tertiary/aromatic N) is 1. The number of furan rings is 1. The Labute approximate surface area is 237 Å². The van der Waals surface area contributed by atoms with Crippen LogP contribution in [-0.2, 0) is 9.59 Å². The first-order valence-electron chi connectivity index (χ1n) is 12.4. The molecule has 1 aliphatic heterocycles. The molecule has 3 aromatic rings. The summed E-state index contributed by atoms with van der Waals surface area (Å²) in [5.74, 6) is 0.0363. The Bertz CT molecular complexity index is 1540. The predicted molar refractivity (Wildman–Crippen MR) is 155 cm³/mol. The molecule has 0 spiro atoms. The molecule has 0 radical (unpaired) electrons. The topological polar surface area (TPSA) is 126 Å². The fourth-order valence-electron chi connectivity index (χ4n) is 4.38. The summed E-state index contributed by atoms with van der Waals surface area (Å²) in [5.41, 5.74) is 4.33. The van der Waals surface area contributed by atoms with E-state index in [9.17, 15) is 14.9 Å². The largest absolute Gasteiger partial charge is 0.497 e. The Morgan fingerprint density at radius 3 is 2.52 bits per heavy atom. The zero-order valence-corrected chi connectivity index (χ0v) is 23.7. The zero-order chi connectivity index (χ0) is 28.8. The molecule has 1 atom stereocenters. The van der Waals surface area contributed by atoms with Gasteiger partial charge in [0.15, 0.2) is 0 Å². The normalized spacial score (nSPS) is 14.8. The van der Waals surface area contributed by atoms with Gasteiger partial charge in [0, 0.05) is 17.5 Å². The standard InChI is InChI=1S/C30H30N4O5S/c1-17-8-6-9-22(18(17)2)33-26(35)16-40-30-21(15-31)28(25-10-7-13-39-25)27(19(3)32-30)29(36)34-23-14-20(37-4)11-12-24(23)38-5/h6-14,28,32H,16H2,1-5H3,(H,33,35)(H,34,36)/t28-/m0/s1. The minimum Gasteiger partial charge on any atom is -0.497 e. The molecule has 0 unspecified atom stereocenters. The van der Waals surface area contributed by atoms with Crippen molar-refractivity contribution in [3.05, 3.63) is 93.6 Å². The lowest BCUT2D eigenvalue weighted by molar-refractivity contribution is -0.114. The van der Waals surface area contributed by atoms with Gasteiger partial charge in [0.25, 0.3) is 5.91 Å². The quantitative estimate of drug-likeness (QED) is 0.309. The van der Waals surface area contributed by atoms with Crippen LogP contribution in [0.5, 0.6) is 11.5 Å². The molecule has 2 heterocycles. The van der Waals surface area contributed by atoms with E-state index in [4.69, 9.17) is 13.9 Å². The van der Waals surface area contributed by atoms with Crippen LogP contribution in [0, 0.1) is 25.2 Å². The van der Waals surface area contributed by atoms with Crippen LogP contribution < -0.4 is 25.4 Å². The average Bonchev–Trinajstić information content (AvgIpc) is 3.48. The van der Waals surface area contributed by atoms with Gasteiger partial charge in [0.1, 0.15) is 17.3 Å². The van der Waals surface area contributed by atoms with E-state index in [1.165, 1.54) is 32.2 Å².